The molecule has 0 atom stereocenters. The van der Waals surface area contributed by atoms with Crippen LogP contribution in [0.2, 0.25) is 0 Å². The van der Waals surface area contributed by atoms with E-state index in [1.807, 2.05) is 0 Å². The third-order valence-electron chi connectivity index (χ3n) is 4.96. The lowest BCUT2D eigenvalue weighted by atomic mass is 10.2. The number of nitrogens with zero attached hydrogens (tertiary/aromatic N) is 1. The van der Waals surface area contributed by atoms with Gasteiger partial charge in [0.25, 0.3) is 11.8 Å². The molecular formula is C25H17ClN2O6. The molecule has 3 aromatic carbocycles. The second-order valence-corrected chi connectivity index (χ2v) is 7.49. The van der Waals surface area contributed by atoms with Crippen molar-refractivity contribution in [3.05, 3.63) is 94.7 Å². The quantitative estimate of drug-likeness (QED) is 0.236. The minimum atomic E-state index is -0.664. The molecule has 1 N–H and O–H groups in total. The summed E-state index contributed by atoms with van der Waals surface area (Å²) < 4.78 is 10.4. The highest BCUT2D eigenvalue weighted by molar-refractivity contribution is 6.53. The first-order valence-electron chi connectivity index (χ1n) is 9.98. The number of carbonyl (C=O) groups is 4. The molecule has 4 rings (SSSR count). The first-order valence-corrected chi connectivity index (χ1v) is 10.4. The molecule has 0 saturated heterocycles. The van der Waals surface area contributed by atoms with Gasteiger partial charge in [-0.25, -0.2) is 9.69 Å². The number of imide groups is 1. The summed E-state index contributed by atoms with van der Waals surface area (Å²) in [6.45, 7) is 0. The lowest BCUT2D eigenvalue weighted by molar-refractivity contribution is -0.120. The maximum absolute atomic E-state index is 12.9. The number of carbonyl (C=O) groups excluding carboxylic acids is 4. The van der Waals surface area contributed by atoms with E-state index in [9.17, 15) is 19.2 Å². The Morgan fingerprint density at radius 1 is 0.941 bits per heavy atom. The fraction of sp³-hybridized carbons (Fsp3) is 0.0400. The summed E-state index contributed by atoms with van der Waals surface area (Å²) in [4.78, 5) is 49.6. The molecular weight excluding hydrogens is 460 g/mol. The first kappa shape index (κ1) is 22.8. The smallest absolute Gasteiger partial charge is 0.343 e. The predicted molar refractivity (Wildman–Crippen MR) is 125 cm³/mol. The van der Waals surface area contributed by atoms with Crippen molar-refractivity contribution in [3.8, 4) is 11.5 Å². The summed E-state index contributed by atoms with van der Waals surface area (Å²) >= 11 is 6.16. The SMILES string of the molecule is COc1cccc(N2C(=O)C(Cl)=C(Nc3ccc(C(=O)Oc4ccc(C=O)cc4)cc3)C2=O)c1. The Labute approximate surface area is 199 Å². The minimum absolute atomic E-state index is 0.0833. The van der Waals surface area contributed by atoms with Crippen molar-refractivity contribution in [2.24, 2.45) is 0 Å². The highest BCUT2D eigenvalue weighted by Gasteiger charge is 2.39. The molecule has 3 aromatic rings. The van der Waals surface area contributed by atoms with Crippen LogP contribution in [0.5, 0.6) is 11.5 Å². The van der Waals surface area contributed by atoms with Crippen LogP contribution in [0.3, 0.4) is 0 Å². The molecule has 1 aliphatic heterocycles. The highest BCUT2D eigenvalue weighted by atomic mass is 35.5. The molecule has 0 aromatic heterocycles. The number of hydrogen-bond donors (Lipinski definition) is 1. The van der Waals surface area contributed by atoms with E-state index in [-0.39, 0.29) is 16.3 Å². The topological polar surface area (TPSA) is 102 Å². The van der Waals surface area contributed by atoms with Crippen molar-refractivity contribution >= 4 is 47.0 Å². The van der Waals surface area contributed by atoms with Crippen LogP contribution in [0.4, 0.5) is 11.4 Å². The van der Waals surface area contributed by atoms with Gasteiger partial charge in [0.05, 0.1) is 18.4 Å². The number of halogens is 1. The standard InChI is InChI=1S/C25H17ClN2O6/c1-33-20-4-2-3-18(13-20)28-23(30)21(26)22(24(28)31)27-17-9-7-16(8-10-17)25(32)34-19-11-5-15(14-29)6-12-19/h2-14,27H,1H3. The van der Waals surface area contributed by atoms with Crippen LogP contribution in [0, 0.1) is 0 Å². The number of ether oxygens (including phenoxy) is 2. The fourth-order valence-corrected chi connectivity index (χ4v) is 3.42. The van der Waals surface area contributed by atoms with Crippen LogP contribution < -0.4 is 19.7 Å². The zero-order valence-corrected chi connectivity index (χ0v) is 18.5. The van der Waals surface area contributed by atoms with Gasteiger partial charge >= 0.3 is 5.97 Å². The van der Waals surface area contributed by atoms with Crippen molar-refractivity contribution in [2.45, 2.75) is 0 Å². The highest BCUT2D eigenvalue weighted by Crippen LogP contribution is 2.31. The van der Waals surface area contributed by atoms with Gasteiger partial charge in [0.15, 0.2) is 0 Å². The van der Waals surface area contributed by atoms with Crippen LogP contribution >= 0.6 is 11.6 Å². The second kappa shape index (κ2) is 9.60. The number of amides is 2. The fourth-order valence-electron chi connectivity index (χ4n) is 3.21. The van der Waals surface area contributed by atoms with Crippen LogP contribution in [-0.4, -0.2) is 31.2 Å². The molecule has 0 fully saturated rings. The van der Waals surface area contributed by atoms with Crippen molar-refractivity contribution < 1.29 is 28.7 Å². The van der Waals surface area contributed by atoms with Gasteiger partial charge in [-0.05, 0) is 60.7 Å². The summed E-state index contributed by atoms with van der Waals surface area (Å²) in [5.74, 6) is -1.10. The summed E-state index contributed by atoms with van der Waals surface area (Å²) in [5, 5.41) is 2.59. The maximum atomic E-state index is 12.9. The zero-order valence-electron chi connectivity index (χ0n) is 17.8. The Bertz CT molecular complexity index is 1320. The molecule has 9 heteroatoms. The minimum Gasteiger partial charge on any atom is -0.497 e. The van der Waals surface area contributed by atoms with Crippen molar-refractivity contribution in [1.82, 2.24) is 0 Å². The lowest BCUT2D eigenvalue weighted by Crippen LogP contribution is -2.32. The first-order chi connectivity index (χ1) is 16.4. The number of methoxy groups -OCH3 is 1. The number of esters is 1. The van der Waals surface area contributed by atoms with E-state index in [1.54, 1.807) is 36.4 Å². The van der Waals surface area contributed by atoms with Gasteiger partial charge in [0, 0.05) is 17.3 Å². The van der Waals surface area contributed by atoms with Gasteiger partial charge in [-0.3, -0.25) is 14.4 Å². The maximum Gasteiger partial charge on any atom is 0.343 e. The lowest BCUT2D eigenvalue weighted by Gasteiger charge is -2.16. The Morgan fingerprint density at radius 2 is 1.65 bits per heavy atom. The predicted octanol–water partition coefficient (Wildman–Crippen LogP) is 4.16. The molecule has 0 bridgehead atoms. The molecule has 8 nitrogen and oxygen atoms in total. The Hall–Kier alpha value is -4.43. The Morgan fingerprint density at radius 3 is 2.29 bits per heavy atom. The summed E-state index contributed by atoms with van der Waals surface area (Å²) in [5.41, 5.74) is 1.40. The molecule has 0 unspecified atom stereocenters. The van der Waals surface area contributed by atoms with Crippen LogP contribution in [0.1, 0.15) is 20.7 Å². The molecule has 1 heterocycles. The van der Waals surface area contributed by atoms with E-state index in [2.05, 4.69) is 5.32 Å². The molecule has 2 amide bonds. The largest absolute Gasteiger partial charge is 0.497 e. The third-order valence-corrected chi connectivity index (χ3v) is 5.31. The number of rotatable bonds is 7. The average molecular weight is 477 g/mol. The zero-order chi connectivity index (χ0) is 24.2. The van der Waals surface area contributed by atoms with Crippen molar-refractivity contribution in [1.29, 1.82) is 0 Å². The van der Waals surface area contributed by atoms with Crippen LogP contribution in [0.25, 0.3) is 0 Å². The molecule has 1 aliphatic rings. The normalized spacial score (nSPS) is 13.2. The summed E-state index contributed by atoms with van der Waals surface area (Å²) in [6.07, 6.45) is 0.692. The van der Waals surface area contributed by atoms with Gasteiger partial charge in [-0.15, -0.1) is 0 Å². The van der Waals surface area contributed by atoms with Crippen LogP contribution in [0.15, 0.2) is 83.5 Å². The van der Waals surface area contributed by atoms with Gasteiger partial charge in [-0.2, -0.15) is 0 Å². The molecule has 34 heavy (non-hydrogen) atoms. The number of hydrogen-bond acceptors (Lipinski definition) is 7. The third kappa shape index (κ3) is 4.53. The monoisotopic (exact) mass is 476 g/mol. The van der Waals surface area contributed by atoms with E-state index in [0.717, 1.165) is 4.90 Å². The number of nitrogens with one attached hydrogen (secondary N) is 1. The van der Waals surface area contributed by atoms with Gasteiger partial charge in [0.2, 0.25) is 0 Å². The van der Waals surface area contributed by atoms with Crippen molar-refractivity contribution in [2.75, 3.05) is 17.3 Å². The number of anilines is 2. The van der Waals surface area contributed by atoms with E-state index in [1.165, 1.54) is 43.5 Å². The molecule has 0 saturated carbocycles. The second-order valence-electron chi connectivity index (χ2n) is 7.11. The Kier molecular flexibility index (Phi) is 6.42. The number of benzene rings is 3. The van der Waals surface area contributed by atoms with Crippen LogP contribution in [-0.2, 0) is 9.59 Å². The van der Waals surface area contributed by atoms with Gasteiger partial charge in [-0.1, -0.05) is 17.7 Å². The van der Waals surface area contributed by atoms with Gasteiger partial charge in [0.1, 0.15) is 28.5 Å². The molecule has 0 radical (unpaired) electrons. The Balaban J connectivity index is 1.47. The summed E-state index contributed by atoms with van der Waals surface area (Å²) in [7, 11) is 1.48. The average Bonchev–Trinajstić information content (AvgIpc) is 3.07. The summed E-state index contributed by atoms with van der Waals surface area (Å²) in [6, 6.07) is 18.7. The van der Waals surface area contributed by atoms with E-state index in [0.29, 0.717) is 34.7 Å². The molecule has 170 valence electrons. The molecule has 0 aliphatic carbocycles. The molecule has 0 spiro atoms. The van der Waals surface area contributed by atoms with E-state index < -0.39 is 17.8 Å². The number of aldehydes is 1. The van der Waals surface area contributed by atoms with E-state index in [4.69, 9.17) is 21.1 Å². The van der Waals surface area contributed by atoms with Crippen molar-refractivity contribution in [3.63, 3.8) is 0 Å². The van der Waals surface area contributed by atoms with Gasteiger partial charge < -0.3 is 14.8 Å². The van der Waals surface area contributed by atoms with E-state index >= 15 is 0 Å².